The molecule has 1 aromatic heterocycles. The Morgan fingerprint density at radius 2 is 2.25 bits per heavy atom. The third-order valence-electron chi connectivity index (χ3n) is 2.82. The number of nitrogens with one attached hydrogen (secondary N) is 2. The molecule has 0 saturated heterocycles. The lowest BCUT2D eigenvalue weighted by Gasteiger charge is -2.18. The molecule has 6 heteroatoms. The van der Waals surface area contributed by atoms with Crippen molar-refractivity contribution in [3.8, 4) is 5.75 Å². The standard InChI is InChI=1S/C14H16FN3O2/c1-2-10(20-13-6-4-3-5-11(13)15)9-16-14(19)12-7-8-17-18-12/h3-8,10H,2,9H2,1H3,(H,16,19)(H,17,18)/t10-/m1/s1. The Kier molecular flexibility index (Phi) is 4.70. The Morgan fingerprint density at radius 1 is 1.45 bits per heavy atom. The number of benzene rings is 1. The number of aromatic amines is 1. The van der Waals surface area contributed by atoms with E-state index in [1.807, 2.05) is 6.92 Å². The van der Waals surface area contributed by atoms with Crippen LogP contribution in [-0.2, 0) is 0 Å². The third-order valence-corrected chi connectivity index (χ3v) is 2.82. The van der Waals surface area contributed by atoms with E-state index < -0.39 is 5.82 Å². The number of rotatable bonds is 6. The van der Waals surface area contributed by atoms with Crippen molar-refractivity contribution in [1.29, 1.82) is 0 Å². The molecule has 5 nitrogen and oxygen atoms in total. The van der Waals surface area contributed by atoms with Gasteiger partial charge in [0.15, 0.2) is 11.6 Å². The Bertz CT molecular complexity index is 557. The average molecular weight is 277 g/mol. The van der Waals surface area contributed by atoms with Gasteiger partial charge in [-0.1, -0.05) is 19.1 Å². The first-order chi connectivity index (χ1) is 9.70. The highest BCUT2D eigenvalue weighted by Gasteiger charge is 2.13. The van der Waals surface area contributed by atoms with Crippen LogP contribution in [0.5, 0.6) is 5.75 Å². The summed E-state index contributed by atoms with van der Waals surface area (Å²) in [6.07, 6.45) is 1.86. The van der Waals surface area contributed by atoms with E-state index in [0.29, 0.717) is 18.7 Å². The molecular weight excluding hydrogens is 261 g/mol. The van der Waals surface area contributed by atoms with Crippen LogP contribution in [0.25, 0.3) is 0 Å². The van der Waals surface area contributed by atoms with Gasteiger partial charge < -0.3 is 10.1 Å². The minimum absolute atomic E-state index is 0.190. The van der Waals surface area contributed by atoms with E-state index in [9.17, 15) is 9.18 Å². The number of hydrogen-bond donors (Lipinski definition) is 2. The first-order valence-corrected chi connectivity index (χ1v) is 6.39. The first-order valence-electron chi connectivity index (χ1n) is 6.39. The molecule has 0 aliphatic rings. The summed E-state index contributed by atoms with van der Waals surface area (Å²) in [5.74, 6) is -0.487. The summed E-state index contributed by atoms with van der Waals surface area (Å²) in [7, 11) is 0. The Morgan fingerprint density at radius 3 is 2.90 bits per heavy atom. The maximum atomic E-state index is 13.5. The van der Waals surface area contributed by atoms with Crippen molar-refractivity contribution < 1.29 is 13.9 Å². The van der Waals surface area contributed by atoms with E-state index in [4.69, 9.17) is 4.74 Å². The van der Waals surface area contributed by atoms with Crippen LogP contribution in [0, 0.1) is 5.82 Å². The number of hydrogen-bond acceptors (Lipinski definition) is 3. The zero-order chi connectivity index (χ0) is 14.4. The van der Waals surface area contributed by atoms with Crippen molar-refractivity contribution >= 4 is 5.91 Å². The monoisotopic (exact) mass is 277 g/mol. The van der Waals surface area contributed by atoms with Gasteiger partial charge in [-0.3, -0.25) is 9.89 Å². The van der Waals surface area contributed by atoms with Gasteiger partial charge in [-0.15, -0.1) is 0 Å². The summed E-state index contributed by atoms with van der Waals surface area (Å²) < 4.78 is 19.0. The molecule has 106 valence electrons. The fourth-order valence-corrected chi connectivity index (χ4v) is 1.67. The highest BCUT2D eigenvalue weighted by molar-refractivity contribution is 5.92. The van der Waals surface area contributed by atoms with E-state index >= 15 is 0 Å². The topological polar surface area (TPSA) is 67.0 Å². The van der Waals surface area contributed by atoms with Crippen LogP contribution in [0.1, 0.15) is 23.8 Å². The van der Waals surface area contributed by atoms with Crippen LogP contribution in [0.2, 0.25) is 0 Å². The molecule has 1 amide bonds. The molecule has 0 saturated carbocycles. The van der Waals surface area contributed by atoms with Gasteiger partial charge in [0, 0.05) is 6.20 Å². The molecule has 0 aliphatic heterocycles. The second kappa shape index (κ2) is 6.70. The second-order valence-electron chi connectivity index (χ2n) is 4.26. The van der Waals surface area contributed by atoms with Crippen LogP contribution in [-0.4, -0.2) is 28.8 Å². The summed E-state index contributed by atoms with van der Waals surface area (Å²) in [6.45, 7) is 2.20. The molecule has 0 bridgehead atoms. The molecule has 1 heterocycles. The van der Waals surface area contributed by atoms with E-state index in [-0.39, 0.29) is 17.8 Å². The van der Waals surface area contributed by atoms with Gasteiger partial charge in [-0.05, 0) is 24.6 Å². The predicted molar refractivity (Wildman–Crippen MR) is 72.0 cm³/mol. The Labute approximate surface area is 116 Å². The number of H-pyrrole nitrogens is 1. The summed E-state index contributed by atoms with van der Waals surface area (Å²) in [5, 5.41) is 9.00. The Hall–Kier alpha value is -2.37. The van der Waals surface area contributed by atoms with Crippen molar-refractivity contribution in [2.45, 2.75) is 19.4 Å². The minimum atomic E-state index is -0.411. The lowest BCUT2D eigenvalue weighted by atomic mass is 10.2. The number of ether oxygens (including phenoxy) is 1. The van der Waals surface area contributed by atoms with Crippen LogP contribution in [0.4, 0.5) is 4.39 Å². The molecule has 0 spiro atoms. The average Bonchev–Trinajstić information content (AvgIpc) is 2.99. The number of halogens is 1. The lowest BCUT2D eigenvalue weighted by molar-refractivity contribution is 0.0919. The molecule has 2 aromatic rings. The highest BCUT2D eigenvalue weighted by Crippen LogP contribution is 2.17. The van der Waals surface area contributed by atoms with E-state index in [1.54, 1.807) is 24.3 Å². The van der Waals surface area contributed by atoms with Crippen molar-refractivity contribution in [1.82, 2.24) is 15.5 Å². The van der Waals surface area contributed by atoms with Gasteiger partial charge in [0.2, 0.25) is 0 Å². The van der Waals surface area contributed by atoms with Gasteiger partial charge in [-0.25, -0.2) is 4.39 Å². The molecule has 2 rings (SSSR count). The minimum Gasteiger partial charge on any atom is -0.486 e. The van der Waals surface area contributed by atoms with Crippen molar-refractivity contribution in [3.05, 3.63) is 48.0 Å². The van der Waals surface area contributed by atoms with Crippen LogP contribution in [0.3, 0.4) is 0 Å². The molecule has 0 fully saturated rings. The number of aromatic nitrogens is 2. The van der Waals surface area contributed by atoms with Gasteiger partial charge in [0.1, 0.15) is 11.8 Å². The third kappa shape index (κ3) is 3.57. The fourth-order valence-electron chi connectivity index (χ4n) is 1.67. The molecule has 1 aromatic carbocycles. The maximum absolute atomic E-state index is 13.5. The normalized spacial score (nSPS) is 11.9. The maximum Gasteiger partial charge on any atom is 0.269 e. The number of nitrogens with zero attached hydrogens (tertiary/aromatic N) is 1. The molecule has 0 unspecified atom stereocenters. The molecule has 1 atom stereocenters. The van der Waals surface area contributed by atoms with Gasteiger partial charge in [0.25, 0.3) is 5.91 Å². The lowest BCUT2D eigenvalue weighted by Crippen LogP contribution is -2.35. The summed E-state index contributed by atoms with van der Waals surface area (Å²) >= 11 is 0. The quantitative estimate of drug-likeness (QED) is 0.850. The number of para-hydroxylation sites is 1. The number of carbonyl (C=O) groups is 1. The summed E-state index contributed by atoms with van der Waals surface area (Å²) in [4.78, 5) is 11.7. The number of amides is 1. The largest absolute Gasteiger partial charge is 0.486 e. The number of carbonyl (C=O) groups excluding carboxylic acids is 1. The molecule has 20 heavy (non-hydrogen) atoms. The molecule has 2 N–H and O–H groups in total. The second-order valence-corrected chi connectivity index (χ2v) is 4.26. The predicted octanol–water partition coefficient (Wildman–Crippen LogP) is 2.14. The zero-order valence-electron chi connectivity index (χ0n) is 11.1. The molecular formula is C14H16FN3O2. The summed E-state index contributed by atoms with van der Waals surface area (Å²) in [5.41, 5.74) is 0.380. The molecule has 0 aliphatic carbocycles. The molecule has 0 radical (unpaired) electrons. The van der Waals surface area contributed by atoms with Crippen LogP contribution in [0.15, 0.2) is 36.5 Å². The van der Waals surface area contributed by atoms with Crippen molar-refractivity contribution in [2.24, 2.45) is 0 Å². The van der Waals surface area contributed by atoms with Crippen molar-refractivity contribution in [2.75, 3.05) is 6.54 Å². The van der Waals surface area contributed by atoms with E-state index in [1.165, 1.54) is 12.3 Å². The van der Waals surface area contributed by atoms with E-state index in [2.05, 4.69) is 15.5 Å². The Balaban J connectivity index is 1.90. The smallest absolute Gasteiger partial charge is 0.269 e. The zero-order valence-corrected chi connectivity index (χ0v) is 11.1. The van der Waals surface area contributed by atoms with E-state index in [0.717, 1.165) is 0 Å². The van der Waals surface area contributed by atoms with Gasteiger partial charge >= 0.3 is 0 Å². The first kappa shape index (κ1) is 14.0. The SMILES string of the molecule is CC[C@H](CNC(=O)c1ccn[nH]1)Oc1ccccc1F. The fraction of sp³-hybridized carbons (Fsp3) is 0.286. The van der Waals surface area contributed by atoms with Crippen LogP contribution >= 0.6 is 0 Å². The summed E-state index contributed by atoms with van der Waals surface area (Å²) in [6, 6.07) is 7.78. The van der Waals surface area contributed by atoms with Gasteiger partial charge in [0.05, 0.1) is 6.54 Å². The highest BCUT2D eigenvalue weighted by atomic mass is 19.1. The van der Waals surface area contributed by atoms with Gasteiger partial charge in [-0.2, -0.15) is 5.10 Å². The van der Waals surface area contributed by atoms with Crippen LogP contribution < -0.4 is 10.1 Å². The van der Waals surface area contributed by atoms with Crippen molar-refractivity contribution in [3.63, 3.8) is 0 Å².